The van der Waals surface area contributed by atoms with Crippen molar-refractivity contribution in [2.75, 3.05) is 13.3 Å². The molecular formula is C23H25Cl2FNO2P. The van der Waals surface area contributed by atoms with E-state index in [0.717, 1.165) is 11.1 Å². The number of allylic oxidation sites excluding steroid dienone is 4. The molecule has 0 aliphatic carbocycles. The Labute approximate surface area is 187 Å². The molecule has 0 spiro atoms. The molecule has 2 aromatic rings. The number of hydrogen-bond donors (Lipinski definition) is 0. The number of aromatic nitrogens is 1. The van der Waals surface area contributed by atoms with Crippen LogP contribution in [0.25, 0.3) is 5.57 Å². The molecule has 30 heavy (non-hydrogen) atoms. The van der Waals surface area contributed by atoms with Crippen LogP contribution < -0.4 is 5.44 Å². The van der Waals surface area contributed by atoms with E-state index in [1.807, 2.05) is 32.1 Å². The molecule has 0 radical (unpaired) electrons. The van der Waals surface area contributed by atoms with E-state index in [4.69, 9.17) is 27.9 Å². The van der Waals surface area contributed by atoms with Crippen molar-refractivity contribution >= 4 is 41.4 Å². The van der Waals surface area contributed by atoms with Crippen LogP contribution in [0.3, 0.4) is 0 Å². The van der Waals surface area contributed by atoms with Gasteiger partial charge >= 0.3 is 0 Å². The smallest absolute Gasteiger partial charge is 0.142 e. The molecular weight excluding hydrogens is 443 g/mol. The first kappa shape index (κ1) is 24.4. The highest BCUT2D eigenvalue weighted by Crippen LogP contribution is 2.37. The Morgan fingerprint density at radius 2 is 1.93 bits per heavy atom. The maximum Gasteiger partial charge on any atom is 0.142 e. The molecule has 2 rings (SSSR count). The van der Waals surface area contributed by atoms with Gasteiger partial charge in [0.15, 0.2) is 0 Å². The summed E-state index contributed by atoms with van der Waals surface area (Å²) in [6.07, 6.45) is 4.82. The number of benzene rings is 1. The van der Waals surface area contributed by atoms with E-state index in [1.165, 1.54) is 12.1 Å². The van der Waals surface area contributed by atoms with Gasteiger partial charge in [-0.25, -0.2) is 4.39 Å². The monoisotopic (exact) mass is 467 g/mol. The molecule has 0 N–H and O–H groups in total. The zero-order chi connectivity index (χ0) is 22.6. The van der Waals surface area contributed by atoms with Crippen LogP contribution in [0.15, 0.2) is 60.5 Å². The van der Waals surface area contributed by atoms with Gasteiger partial charge in [0, 0.05) is 16.8 Å². The number of halogens is 3. The van der Waals surface area contributed by atoms with Gasteiger partial charge in [-0.15, -0.1) is 0 Å². The van der Waals surface area contributed by atoms with Crippen LogP contribution in [-0.4, -0.2) is 18.3 Å². The molecule has 3 nitrogen and oxygen atoms in total. The lowest BCUT2D eigenvalue weighted by Crippen LogP contribution is -2.08. The second kappa shape index (κ2) is 9.96. The van der Waals surface area contributed by atoms with Gasteiger partial charge in [0.2, 0.25) is 0 Å². The second-order valence-corrected chi connectivity index (χ2v) is 11.3. The molecule has 0 bridgehead atoms. The molecule has 1 unspecified atom stereocenters. The highest BCUT2D eigenvalue weighted by Gasteiger charge is 2.20. The Bertz CT molecular complexity index is 1060. The largest absolute Gasteiger partial charge is 0.486 e. The average Bonchev–Trinajstić information content (AvgIpc) is 2.67. The zero-order valence-corrected chi connectivity index (χ0v) is 20.1. The Kier molecular flexibility index (Phi) is 8.10. The fourth-order valence-corrected chi connectivity index (χ4v) is 4.22. The number of nitrogens with zero attached hydrogens (tertiary/aromatic N) is 1. The van der Waals surface area contributed by atoms with Gasteiger partial charge in [-0.05, 0) is 75.1 Å². The molecule has 0 aliphatic rings. The van der Waals surface area contributed by atoms with E-state index in [1.54, 1.807) is 32.5 Å². The van der Waals surface area contributed by atoms with Crippen molar-refractivity contribution in [3.63, 3.8) is 0 Å². The third-order valence-corrected chi connectivity index (χ3v) is 6.52. The van der Waals surface area contributed by atoms with Crippen molar-refractivity contribution in [1.29, 1.82) is 0 Å². The summed E-state index contributed by atoms with van der Waals surface area (Å²) >= 11 is 12.3. The van der Waals surface area contributed by atoms with Gasteiger partial charge in [0.1, 0.15) is 24.8 Å². The third kappa shape index (κ3) is 5.85. The highest BCUT2D eigenvalue weighted by atomic mass is 35.5. The summed E-state index contributed by atoms with van der Waals surface area (Å²) in [5.41, 5.74) is 3.32. The molecule has 1 aromatic heterocycles. The topological polar surface area (TPSA) is 39.2 Å². The van der Waals surface area contributed by atoms with Crippen LogP contribution in [0.1, 0.15) is 38.0 Å². The maximum atomic E-state index is 13.9. The van der Waals surface area contributed by atoms with Gasteiger partial charge in [-0.3, -0.25) is 4.98 Å². The van der Waals surface area contributed by atoms with Crippen LogP contribution in [0.4, 0.5) is 4.39 Å². The first-order chi connectivity index (χ1) is 14.0. The molecule has 0 fully saturated rings. The van der Waals surface area contributed by atoms with Gasteiger partial charge < -0.3 is 9.30 Å². The van der Waals surface area contributed by atoms with Gasteiger partial charge in [-0.1, -0.05) is 41.9 Å². The van der Waals surface area contributed by atoms with Gasteiger partial charge in [0.25, 0.3) is 0 Å². The van der Waals surface area contributed by atoms with E-state index < -0.39 is 19.1 Å². The number of ether oxygens (including phenoxy) is 1. The van der Waals surface area contributed by atoms with E-state index in [2.05, 4.69) is 11.6 Å². The Hall–Kier alpha value is -1.87. The standard InChI is InChI=1S/C23H25Cl2FNO2P/c1-7-16(17-8-11-21(27-13-17)30(5,6)28)12-20(14(2)3)29-15(4)22-18(24)9-10-19(26)23(22)25/h7-13,15H,2H2,1,3-6H3/b16-7+,20-12+. The summed E-state index contributed by atoms with van der Waals surface area (Å²) in [6.45, 7) is 12.8. The number of pyridine rings is 1. The van der Waals surface area contributed by atoms with E-state index in [-0.39, 0.29) is 5.02 Å². The van der Waals surface area contributed by atoms with E-state index in [9.17, 15) is 8.96 Å². The lowest BCUT2D eigenvalue weighted by atomic mass is 10.1. The van der Waals surface area contributed by atoms with Crippen molar-refractivity contribution in [2.45, 2.75) is 26.9 Å². The van der Waals surface area contributed by atoms with Gasteiger partial charge in [0.05, 0.1) is 10.5 Å². The number of hydrogen-bond acceptors (Lipinski definition) is 3. The maximum absolute atomic E-state index is 13.9. The normalized spacial score (nSPS) is 13.9. The van der Waals surface area contributed by atoms with Crippen LogP contribution in [0.5, 0.6) is 0 Å². The summed E-state index contributed by atoms with van der Waals surface area (Å²) in [4.78, 5) is 4.34. The lowest BCUT2D eigenvalue weighted by Gasteiger charge is -2.21. The van der Waals surface area contributed by atoms with Crippen molar-refractivity contribution in [1.82, 2.24) is 4.98 Å². The molecule has 0 saturated carbocycles. The second-order valence-electron chi connectivity index (χ2n) is 7.31. The predicted molar refractivity (Wildman–Crippen MR) is 126 cm³/mol. The van der Waals surface area contributed by atoms with Gasteiger partial charge in [-0.2, -0.15) is 0 Å². The molecule has 0 saturated heterocycles. The quantitative estimate of drug-likeness (QED) is 0.184. The predicted octanol–water partition coefficient (Wildman–Crippen LogP) is 7.42. The molecule has 1 atom stereocenters. The van der Waals surface area contributed by atoms with Crippen molar-refractivity contribution in [3.05, 3.63) is 87.5 Å². The Morgan fingerprint density at radius 3 is 2.43 bits per heavy atom. The fraction of sp³-hybridized carbons (Fsp3) is 0.261. The first-order valence-electron chi connectivity index (χ1n) is 9.31. The highest BCUT2D eigenvalue weighted by molar-refractivity contribution is 7.69. The molecule has 160 valence electrons. The average molecular weight is 468 g/mol. The number of rotatable bonds is 7. The Morgan fingerprint density at radius 1 is 1.27 bits per heavy atom. The third-order valence-electron chi connectivity index (χ3n) is 4.44. The van der Waals surface area contributed by atoms with Crippen LogP contribution in [-0.2, 0) is 9.30 Å². The summed E-state index contributed by atoms with van der Waals surface area (Å²) in [5.74, 6) is -0.0514. The zero-order valence-electron chi connectivity index (χ0n) is 17.7. The van der Waals surface area contributed by atoms with Crippen molar-refractivity contribution < 1.29 is 13.7 Å². The molecule has 0 amide bonds. The van der Waals surface area contributed by atoms with Crippen molar-refractivity contribution in [3.8, 4) is 0 Å². The lowest BCUT2D eigenvalue weighted by molar-refractivity contribution is 0.140. The summed E-state index contributed by atoms with van der Waals surface area (Å²) < 4.78 is 32.2. The summed E-state index contributed by atoms with van der Waals surface area (Å²) in [6, 6.07) is 6.31. The molecule has 7 heteroatoms. The molecule has 1 aromatic carbocycles. The van der Waals surface area contributed by atoms with E-state index >= 15 is 0 Å². The van der Waals surface area contributed by atoms with Crippen LogP contribution >= 0.6 is 30.3 Å². The fourth-order valence-electron chi connectivity index (χ4n) is 2.77. The minimum atomic E-state index is -2.43. The Balaban J connectivity index is 2.38. The van der Waals surface area contributed by atoms with E-state index in [0.29, 0.717) is 27.4 Å². The van der Waals surface area contributed by atoms with Crippen LogP contribution in [0.2, 0.25) is 10.0 Å². The summed E-state index contributed by atoms with van der Waals surface area (Å²) in [7, 11) is -2.43. The SMILES string of the molecule is C=C(C)/C(=C\C(=C/C)c1ccc(P(C)(C)=O)nc1)OC(C)c1c(Cl)ccc(F)c1Cl. The van der Waals surface area contributed by atoms with Crippen LogP contribution in [0, 0.1) is 5.82 Å². The molecule has 1 heterocycles. The summed E-state index contributed by atoms with van der Waals surface area (Å²) in [5, 5.41) is 0.259. The first-order valence-corrected chi connectivity index (χ1v) is 12.7. The molecule has 0 aliphatic heterocycles. The van der Waals surface area contributed by atoms with Crippen molar-refractivity contribution in [2.24, 2.45) is 0 Å². The minimum Gasteiger partial charge on any atom is -0.486 e. The minimum absolute atomic E-state index is 0.0642.